The molecule has 0 spiro atoms. The van der Waals surface area contributed by atoms with Crippen LogP contribution in [0.1, 0.15) is 30.4 Å². The molecule has 0 unspecified atom stereocenters. The molecule has 162 valence electrons. The fourth-order valence-electron chi connectivity index (χ4n) is 3.95. The van der Waals surface area contributed by atoms with Crippen molar-refractivity contribution in [2.75, 3.05) is 37.7 Å². The minimum Gasteiger partial charge on any atom is -0.377 e. The summed E-state index contributed by atoms with van der Waals surface area (Å²) < 4.78 is 5.96. The van der Waals surface area contributed by atoms with Gasteiger partial charge in [-0.25, -0.2) is 5.48 Å². The Labute approximate surface area is 183 Å². The number of carbonyl (C=O) groups excluding carboxylic acids is 1. The first kappa shape index (κ1) is 22.6. The highest BCUT2D eigenvalue weighted by Crippen LogP contribution is 2.30. The van der Waals surface area contributed by atoms with Gasteiger partial charge in [0.05, 0.1) is 12.5 Å². The Morgan fingerprint density at radius 3 is 2.43 bits per heavy atom. The Morgan fingerprint density at radius 1 is 1.17 bits per heavy atom. The number of hydrogen-bond donors (Lipinski definition) is 3. The monoisotopic (exact) mass is 431 g/mol. The molecule has 1 aliphatic heterocycles. The Hall–Kier alpha value is -2.12. The van der Waals surface area contributed by atoms with Gasteiger partial charge in [-0.15, -0.1) is 0 Å². The Morgan fingerprint density at radius 2 is 1.83 bits per heavy atom. The van der Waals surface area contributed by atoms with Crippen LogP contribution in [0, 0.1) is 0 Å². The minimum absolute atomic E-state index is 0.0412. The molecule has 0 radical (unpaired) electrons. The lowest BCUT2D eigenvalue weighted by molar-refractivity contribution is -0.132. The molecule has 7 heteroatoms. The smallest absolute Gasteiger partial charge is 0.245 e. The molecule has 0 aliphatic carbocycles. The second-order valence-corrected chi connectivity index (χ2v) is 7.93. The van der Waals surface area contributed by atoms with Crippen molar-refractivity contribution in [2.24, 2.45) is 0 Å². The first-order chi connectivity index (χ1) is 14.6. The minimum atomic E-state index is -0.452. The molecule has 0 bridgehead atoms. The molecular formula is C23H30ClN3O3. The van der Waals surface area contributed by atoms with Crippen LogP contribution >= 0.6 is 11.6 Å². The Balaban J connectivity index is 1.86. The molecule has 2 aromatic rings. The van der Waals surface area contributed by atoms with Crippen LogP contribution in [0.3, 0.4) is 0 Å². The van der Waals surface area contributed by atoms with Crippen LogP contribution in [0.5, 0.6) is 0 Å². The second kappa shape index (κ2) is 11.3. The van der Waals surface area contributed by atoms with Gasteiger partial charge in [0.1, 0.15) is 0 Å². The lowest BCUT2D eigenvalue weighted by Gasteiger charge is -2.31. The van der Waals surface area contributed by atoms with Gasteiger partial charge in [0.2, 0.25) is 5.91 Å². The zero-order valence-electron chi connectivity index (χ0n) is 17.3. The van der Waals surface area contributed by atoms with Crippen molar-refractivity contribution in [3.8, 4) is 0 Å². The zero-order valence-corrected chi connectivity index (χ0v) is 18.1. The number of benzene rings is 2. The van der Waals surface area contributed by atoms with Gasteiger partial charge in [0, 0.05) is 49.4 Å². The van der Waals surface area contributed by atoms with Gasteiger partial charge >= 0.3 is 0 Å². The molecule has 2 aromatic carbocycles. The normalized spacial score (nSPS) is 16.2. The average molecular weight is 432 g/mol. The van der Waals surface area contributed by atoms with Gasteiger partial charge in [-0.05, 0) is 48.7 Å². The lowest BCUT2D eigenvalue weighted by Crippen LogP contribution is -2.43. The standard InChI is InChI=1S/C23H30ClN3O3/c1-2-30-22(16-23(28)26-29)21(15-17-3-7-19(24)8-4-17)18-5-9-20(10-6-18)27-13-11-25-12-14-27/h3-10,21-22,25,29H,2,11-16H2,1H3,(H,26,28)/t21-,22-/m1/s1. The first-order valence-corrected chi connectivity index (χ1v) is 10.8. The van der Waals surface area contributed by atoms with Crippen LogP contribution in [-0.4, -0.2) is 50.0 Å². The SMILES string of the molecule is CCO[C@H](CC(=O)NO)[C@H](Cc1ccc(Cl)cc1)c1ccc(N2CCNCC2)cc1. The molecule has 2 atom stereocenters. The summed E-state index contributed by atoms with van der Waals surface area (Å²) >= 11 is 6.04. The highest BCUT2D eigenvalue weighted by molar-refractivity contribution is 6.30. The summed E-state index contributed by atoms with van der Waals surface area (Å²) in [5.41, 5.74) is 5.16. The van der Waals surface area contributed by atoms with E-state index in [-0.39, 0.29) is 18.4 Å². The van der Waals surface area contributed by atoms with Gasteiger partial charge in [-0.2, -0.15) is 0 Å². The molecule has 1 amide bonds. The number of nitrogens with zero attached hydrogens (tertiary/aromatic N) is 1. The van der Waals surface area contributed by atoms with Gasteiger partial charge in [-0.1, -0.05) is 35.9 Å². The largest absolute Gasteiger partial charge is 0.377 e. The van der Waals surface area contributed by atoms with Crippen molar-refractivity contribution in [2.45, 2.75) is 31.8 Å². The predicted octanol–water partition coefficient (Wildman–Crippen LogP) is 3.38. The van der Waals surface area contributed by atoms with E-state index in [1.165, 1.54) is 5.69 Å². The van der Waals surface area contributed by atoms with Crippen LogP contribution in [0.25, 0.3) is 0 Å². The number of nitrogens with one attached hydrogen (secondary N) is 2. The van der Waals surface area contributed by atoms with E-state index in [4.69, 9.17) is 21.5 Å². The molecule has 1 saturated heterocycles. The first-order valence-electron chi connectivity index (χ1n) is 10.4. The average Bonchev–Trinajstić information content (AvgIpc) is 2.79. The number of hydroxylamine groups is 1. The highest BCUT2D eigenvalue weighted by atomic mass is 35.5. The molecule has 1 aliphatic rings. The molecular weight excluding hydrogens is 402 g/mol. The van der Waals surface area contributed by atoms with Crippen molar-refractivity contribution in [3.05, 3.63) is 64.7 Å². The summed E-state index contributed by atoms with van der Waals surface area (Å²) in [5, 5.41) is 13.1. The Kier molecular flexibility index (Phi) is 8.51. The van der Waals surface area contributed by atoms with Gasteiger partial charge in [0.15, 0.2) is 0 Å². The molecule has 6 nitrogen and oxygen atoms in total. The van der Waals surface area contributed by atoms with Crippen LogP contribution in [0.15, 0.2) is 48.5 Å². The maximum Gasteiger partial charge on any atom is 0.245 e. The van der Waals surface area contributed by atoms with Gasteiger partial charge in [0.25, 0.3) is 0 Å². The lowest BCUT2D eigenvalue weighted by atomic mass is 9.85. The third kappa shape index (κ3) is 6.19. The quantitative estimate of drug-likeness (QED) is 0.419. The number of rotatable bonds is 9. The van der Waals surface area contributed by atoms with Crippen LogP contribution in [0.2, 0.25) is 5.02 Å². The van der Waals surface area contributed by atoms with Crippen molar-refractivity contribution < 1.29 is 14.7 Å². The van der Waals surface area contributed by atoms with Crippen molar-refractivity contribution in [3.63, 3.8) is 0 Å². The molecule has 1 heterocycles. The van der Waals surface area contributed by atoms with E-state index >= 15 is 0 Å². The number of anilines is 1. The van der Waals surface area contributed by atoms with E-state index in [0.717, 1.165) is 37.3 Å². The zero-order chi connectivity index (χ0) is 21.3. The fraction of sp³-hybridized carbons (Fsp3) is 0.435. The van der Waals surface area contributed by atoms with Crippen molar-refractivity contribution in [1.82, 2.24) is 10.8 Å². The van der Waals surface area contributed by atoms with E-state index in [9.17, 15) is 4.79 Å². The maximum atomic E-state index is 11.9. The van der Waals surface area contributed by atoms with Gasteiger partial charge in [-0.3, -0.25) is 10.0 Å². The summed E-state index contributed by atoms with van der Waals surface area (Å²) in [7, 11) is 0. The van der Waals surface area contributed by atoms with E-state index < -0.39 is 5.91 Å². The van der Waals surface area contributed by atoms with Crippen molar-refractivity contribution >= 4 is 23.2 Å². The molecule has 1 fully saturated rings. The summed E-state index contributed by atoms with van der Waals surface area (Å²) in [6, 6.07) is 16.3. The molecule has 0 saturated carbocycles. The van der Waals surface area contributed by atoms with Crippen LogP contribution in [-0.2, 0) is 16.0 Å². The number of piperazine rings is 1. The topological polar surface area (TPSA) is 73.8 Å². The Bertz CT molecular complexity index is 792. The second-order valence-electron chi connectivity index (χ2n) is 7.50. The maximum absolute atomic E-state index is 11.9. The summed E-state index contributed by atoms with van der Waals surface area (Å²) in [4.78, 5) is 14.3. The van der Waals surface area contributed by atoms with E-state index in [2.05, 4.69) is 34.5 Å². The van der Waals surface area contributed by atoms with E-state index in [1.54, 1.807) is 5.48 Å². The highest BCUT2D eigenvalue weighted by Gasteiger charge is 2.27. The third-order valence-corrected chi connectivity index (χ3v) is 5.77. The number of hydrogen-bond acceptors (Lipinski definition) is 5. The van der Waals surface area contributed by atoms with Crippen LogP contribution in [0.4, 0.5) is 5.69 Å². The summed E-state index contributed by atoms with van der Waals surface area (Å²) in [6.45, 7) is 6.36. The van der Waals surface area contributed by atoms with Crippen molar-refractivity contribution in [1.29, 1.82) is 0 Å². The fourth-order valence-corrected chi connectivity index (χ4v) is 4.08. The van der Waals surface area contributed by atoms with Crippen LogP contribution < -0.4 is 15.7 Å². The molecule has 30 heavy (non-hydrogen) atoms. The number of carbonyl (C=O) groups is 1. The van der Waals surface area contributed by atoms with E-state index in [1.807, 2.05) is 31.2 Å². The number of halogens is 1. The number of amides is 1. The summed E-state index contributed by atoms with van der Waals surface area (Å²) in [5.74, 6) is -0.493. The number of ether oxygens (including phenoxy) is 1. The predicted molar refractivity (Wildman–Crippen MR) is 119 cm³/mol. The molecule has 3 N–H and O–H groups in total. The van der Waals surface area contributed by atoms with E-state index in [0.29, 0.717) is 18.1 Å². The van der Waals surface area contributed by atoms with Gasteiger partial charge < -0.3 is 15.0 Å². The summed E-state index contributed by atoms with van der Waals surface area (Å²) in [6.07, 6.45) is 0.429. The molecule has 3 rings (SSSR count). The molecule has 0 aromatic heterocycles. The third-order valence-electron chi connectivity index (χ3n) is 5.51.